The van der Waals surface area contributed by atoms with Gasteiger partial charge in [0.15, 0.2) is 0 Å². The van der Waals surface area contributed by atoms with Crippen molar-refractivity contribution in [2.24, 2.45) is 23.2 Å². The van der Waals surface area contributed by atoms with E-state index < -0.39 is 0 Å². The van der Waals surface area contributed by atoms with Crippen molar-refractivity contribution in [1.82, 2.24) is 4.90 Å². The zero-order chi connectivity index (χ0) is 15.7. The summed E-state index contributed by atoms with van der Waals surface area (Å²) in [5, 5.41) is 0. The molecule has 0 bridgehead atoms. The fourth-order valence-electron chi connectivity index (χ4n) is 5.06. The molecule has 2 heterocycles. The highest BCUT2D eigenvalue weighted by molar-refractivity contribution is 5.75. The number of carbonyl (C=O) groups is 1. The highest BCUT2D eigenvalue weighted by Crippen LogP contribution is 2.62. The first-order valence-electron chi connectivity index (χ1n) is 8.85. The number of ether oxygens (including phenoxy) is 2. The van der Waals surface area contributed by atoms with E-state index >= 15 is 0 Å². The standard InChI is InChI=1S/C18H29NO3/c1-17-7-6-12-13(10-19(3)4)16(20)21-14(12)15-18(2,22-15)8-5-11(17)9-17/h11-15H,5-10H2,1-4H3/t11?,12-,13?,14-,15?,17+,18+/m0/s1. The van der Waals surface area contributed by atoms with Gasteiger partial charge in [0.2, 0.25) is 0 Å². The average molecular weight is 307 g/mol. The van der Waals surface area contributed by atoms with Gasteiger partial charge in [-0.1, -0.05) is 6.92 Å². The summed E-state index contributed by atoms with van der Waals surface area (Å²) in [4.78, 5) is 14.5. The van der Waals surface area contributed by atoms with E-state index in [1.165, 1.54) is 19.3 Å². The quantitative estimate of drug-likeness (QED) is 0.580. The van der Waals surface area contributed by atoms with E-state index in [2.05, 4.69) is 18.7 Å². The SMILES string of the molecule is CN(C)CC1C(=O)O[C@@H]2C3O[C@]3(C)CCC3C[C@@]3(C)CC[C@@H]12. The lowest BCUT2D eigenvalue weighted by Gasteiger charge is -2.25. The fraction of sp³-hybridized carbons (Fsp3) is 0.944. The van der Waals surface area contributed by atoms with Gasteiger partial charge in [-0.25, -0.2) is 0 Å². The van der Waals surface area contributed by atoms with Crippen LogP contribution in [0.1, 0.15) is 46.0 Å². The number of carbonyl (C=O) groups excluding carboxylic acids is 1. The molecule has 0 aromatic carbocycles. The van der Waals surface area contributed by atoms with Crippen LogP contribution < -0.4 is 0 Å². The van der Waals surface area contributed by atoms with Crippen LogP contribution in [0.15, 0.2) is 0 Å². The summed E-state index contributed by atoms with van der Waals surface area (Å²) in [5.41, 5.74) is 0.466. The number of fused-ring (bicyclic) bond motifs is 4. The summed E-state index contributed by atoms with van der Waals surface area (Å²) < 4.78 is 11.9. The van der Waals surface area contributed by atoms with Crippen LogP contribution in [0.2, 0.25) is 0 Å². The molecular weight excluding hydrogens is 278 g/mol. The molecule has 0 aromatic rings. The molecule has 2 aliphatic carbocycles. The van der Waals surface area contributed by atoms with Gasteiger partial charge in [-0.15, -0.1) is 0 Å². The molecule has 0 amide bonds. The zero-order valence-electron chi connectivity index (χ0n) is 14.3. The fourth-order valence-corrected chi connectivity index (χ4v) is 5.06. The van der Waals surface area contributed by atoms with Gasteiger partial charge in [-0.2, -0.15) is 0 Å². The summed E-state index contributed by atoms with van der Waals surface area (Å²) in [5.74, 6) is 1.22. The monoisotopic (exact) mass is 307 g/mol. The molecule has 0 radical (unpaired) electrons. The third-order valence-corrected chi connectivity index (χ3v) is 6.87. The maximum absolute atomic E-state index is 12.4. The van der Waals surface area contributed by atoms with Crippen molar-refractivity contribution in [2.75, 3.05) is 20.6 Å². The number of rotatable bonds is 2. The maximum Gasteiger partial charge on any atom is 0.311 e. The van der Waals surface area contributed by atoms with Crippen LogP contribution in [-0.2, 0) is 14.3 Å². The second kappa shape index (κ2) is 4.70. The third-order valence-electron chi connectivity index (χ3n) is 6.87. The van der Waals surface area contributed by atoms with Crippen LogP contribution >= 0.6 is 0 Å². The van der Waals surface area contributed by atoms with Crippen molar-refractivity contribution >= 4 is 5.97 Å². The lowest BCUT2D eigenvalue weighted by molar-refractivity contribution is -0.145. The van der Waals surface area contributed by atoms with Crippen molar-refractivity contribution in [2.45, 2.75) is 63.8 Å². The van der Waals surface area contributed by atoms with E-state index in [1.54, 1.807) is 0 Å². The minimum absolute atomic E-state index is 0.00158. The van der Waals surface area contributed by atoms with Crippen molar-refractivity contribution in [3.8, 4) is 0 Å². The molecule has 0 spiro atoms. The number of hydrogen-bond acceptors (Lipinski definition) is 4. The first kappa shape index (κ1) is 14.9. The summed E-state index contributed by atoms with van der Waals surface area (Å²) >= 11 is 0. The van der Waals surface area contributed by atoms with Crippen LogP contribution in [0, 0.1) is 23.2 Å². The number of esters is 1. The molecular formula is C18H29NO3. The first-order chi connectivity index (χ1) is 10.3. The first-order valence-corrected chi connectivity index (χ1v) is 8.85. The normalized spacial score (nSPS) is 53.3. The van der Waals surface area contributed by atoms with Crippen LogP contribution in [0.25, 0.3) is 0 Å². The van der Waals surface area contributed by atoms with Gasteiger partial charge < -0.3 is 14.4 Å². The van der Waals surface area contributed by atoms with E-state index in [4.69, 9.17) is 9.47 Å². The van der Waals surface area contributed by atoms with E-state index in [0.29, 0.717) is 11.3 Å². The predicted molar refractivity (Wildman–Crippen MR) is 83.4 cm³/mol. The topological polar surface area (TPSA) is 42.1 Å². The molecule has 4 heteroatoms. The Morgan fingerprint density at radius 2 is 2.00 bits per heavy atom. The van der Waals surface area contributed by atoms with Gasteiger partial charge in [0.25, 0.3) is 0 Å². The Morgan fingerprint density at radius 3 is 2.73 bits per heavy atom. The van der Waals surface area contributed by atoms with Crippen molar-refractivity contribution < 1.29 is 14.3 Å². The van der Waals surface area contributed by atoms with Gasteiger partial charge in [0.05, 0.1) is 11.5 Å². The Kier molecular flexibility index (Phi) is 3.19. The lowest BCUT2D eigenvalue weighted by atomic mass is 9.78. The van der Waals surface area contributed by atoms with Crippen molar-refractivity contribution in [3.05, 3.63) is 0 Å². The molecule has 124 valence electrons. The Labute approximate surface area is 133 Å². The largest absolute Gasteiger partial charge is 0.459 e. The number of hydrogen-bond donors (Lipinski definition) is 0. The number of nitrogens with zero attached hydrogens (tertiary/aromatic N) is 1. The minimum Gasteiger partial charge on any atom is -0.459 e. The molecule has 4 nitrogen and oxygen atoms in total. The molecule has 3 unspecified atom stereocenters. The smallest absolute Gasteiger partial charge is 0.311 e. The van der Waals surface area contributed by atoms with Crippen molar-refractivity contribution in [1.29, 1.82) is 0 Å². The maximum atomic E-state index is 12.4. The van der Waals surface area contributed by atoms with Crippen LogP contribution in [0.3, 0.4) is 0 Å². The number of epoxide rings is 1. The van der Waals surface area contributed by atoms with Gasteiger partial charge in [-0.05, 0) is 64.5 Å². The zero-order valence-corrected chi connectivity index (χ0v) is 14.3. The molecule has 2 saturated carbocycles. The van der Waals surface area contributed by atoms with E-state index in [0.717, 1.165) is 25.3 Å². The highest BCUT2D eigenvalue weighted by atomic mass is 16.6. The molecule has 0 N–H and O–H groups in total. The Morgan fingerprint density at radius 1 is 1.23 bits per heavy atom. The Hall–Kier alpha value is -0.610. The van der Waals surface area contributed by atoms with E-state index in [9.17, 15) is 4.79 Å². The van der Waals surface area contributed by atoms with Gasteiger partial charge in [0, 0.05) is 12.5 Å². The molecule has 4 fully saturated rings. The second-order valence-electron chi connectivity index (χ2n) is 8.92. The summed E-state index contributed by atoms with van der Waals surface area (Å²) in [6, 6.07) is 0. The Bertz CT molecular complexity index is 493. The lowest BCUT2D eigenvalue weighted by Crippen LogP contribution is -2.34. The molecule has 2 saturated heterocycles. The second-order valence-corrected chi connectivity index (χ2v) is 8.92. The molecule has 2 aliphatic heterocycles. The molecule has 0 aromatic heterocycles. The van der Waals surface area contributed by atoms with Crippen LogP contribution in [0.4, 0.5) is 0 Å². The average Bonchev–Trinajstić information content (AvgIpc) is 3.26. The molecule has 4 rings (SSSR count). The minimum atomic E-state index is -0.0446. The highest BCUT2D eigenvalue weighted by Gasteiger charge is 2.64. The van der Waals surface area contributed by atoms with Crippen LogP contribution in [0.5, 0.6) is 0 Å². The van der Waals surface area contributed by atoms with Gasteiger partial charge in [0.1, 0.15) is 12.2 Å². The van der Waals surface area contributed by atoms with Gasteiger partial charge in [-0.3, -0.25) is 4.79 Å². The molecule has 7 atom stereocenters. The third kappa shape index (κ3) is 2.30. The Balaban J connectivity index is 1.58. The van der Waals surface area contributed by atoms with Crippen molar-refractivity contribution in [3.63, 3.8) is 0 Å². The van der Waals surface area contributed by atoms with Gasteiger partial charge >= 0.3 is 5.97 Å². The van der Waals surface area contributed by atoms with E-state index in [1.807, 2.05) is 14.1 Å². The summed E-state index contributed by atoms with van der Waals surface area (Å²) in [6.45, 7) is 5.44. The summed E-state index contributed by atoms with van der Waals surface area (Å²) in [6.07, 6.45) is 6.23. The molecule has 22 heavy (non-hydrogen) atoms. The van der Waals surface area contributed by atoms with Crippen LogP contribution in [-0.4, -0.2) is 49.3 Å². The van der Waals surface area contributed by atoms with E-state index in [-0.39, 0.29) is 29.7 Å². The predicted octanol–water partition coefficient (Wildman–Crippen LogP) is 2.46. The summed E-state index contributed by atoms with van der Waals surface area (Å²) in [7, 11) is 4.08. The molecule has 4 aliphatic rings.